The first-order valence-electron chi connectivity index (χ1n) is 9.10. The summed E-state index contributed by atoms with van der Waals surface area (Å²) in [6, 6.07) is 23.5. The molecule has 0 bridgehead atoms. The average Bonchev–Trinajstić information content (AvgIpc) is 2.73. The van der Waals surface area contributed by atoms with Crippen LogP contribution in [0.2, 0.25) is 5.02 Å². The molecule has 3 aromatic carbocycles. The SMILES string of the molecule is CC(=O)c1ccc(NC(=O)c2cc(-c3ccccc3Cl)nc3ccccc23)cc1. The molecule has 0 aliphatic carbocycles. The van der Waals surface area contributed by atoms with Gasteiger partial charge in [-0.15, -0.1) is 0 Å². The molecule has 29 heavy (non-hydrogen) atoms. The Kier molecular flexibility index (Phi) is 5.10. The highest BCUT2D eigenvalue weighted by Crippen LogP contribution is 2.30. The molecule has 142 valence electrons. The topological polar surface area (TPSA) is 59.1 Å². The van der Waals surface area contributed by atoms with Gasteiger partial charge in [0.15, 0.2) is 5.78 Å². The number of hydrogen-bond donors (Lipinski definition) is 1. The summed E-state index contributed by atoms with van der Waals surface area (Å²) in [5, 5.41) is 4.22. The molecule has 0 aliphatic rings. The Hall–Kier alpha value is -3.50. The summed E-state index contributed by atoms with van der Waals surface area (Å²) in [5.41, 5.74) is 3.81. The Bertz CT molecular complexity index is 1230. The van der Waals surface area contributed by atoms with Gasteiger partial charge in [0.2, 0.25) is 0 Å². The van der Waals surface area contributed by atoms with E-state index >= 15 is 0 Å². The van der Waals surface area contributed by atoms with Gasteiger partial charge in [-0.05, 0) is 49.4 Å². The van der Waals surface area contributed by atoms with Gasteiger partial charge in [0.25, 0.3) is 5.91 Å². The number of hydrogen-bond acceptors (Lipinski definition) is 3. The Morgan fingerprint density at radius 3 is 2.31 bits per heavy atom. The largest absolute Gasteiger partial charge is 0.322 e. The first-order valence-corrected chi connectivity index (χ1v) is 9.48. The molecule has 4 rings (SSSR count). The van der Waals surface area contributed by atoms with E-state index in [2.05, 4.69) is 10.3 Å². The molecule has 0 unspecified atom stereocenters. The molecule has 0 saturated heterocycles. The van der Waals surface area contributed by atoms with Crippen molar-refractivity contribution in [2.45, 2.75) is 6.92 Å². The van der Waals surface area contributed by atoms with Crippen LogP contribution in [0.1, 0.15) is 27.6 Å². The van der Waals surface area contributed by atoms with Gasteiger partial charge in [0, 0.05) is 27.2 Å². The third-order valence-electron chi connectivity index (χ3n) is 4.66. The lowest BCUT2D eigenvalue weighted by atomic mass is 10.0. The quantitative estimate of drug-likeness (QED) is 0.427. The highest BCUT2D eigenvalue weighted by molar-refractivity contribution is 6.33. The molecule has 1 amide bonds. The van der Waals surface area contributed by atoms with Crippen LogP contribution in [0, 0.1) is 0 Å². The molecule has 0 saturated carbocycles. The fraction of sp³-hybridized carbons (Fsp3) is 0.0417. The Balaban J connectivity index is 1.76. The van der Waals surface area contributed by atoms with Crippen molar-refractivity contribution in [1.82, 2.24) is 4.98 Å². The second-order valence-electron chi connectivity index (χ2n) is 6.64. The summed E-state index contributed by atoms with van der Waals surface area (Å²) in [7, 11) is 0. The number of benzene rings is 3. The minimum Gasteiger partial charge on any atom is -0.322 e. The summed E-state index contributed by atoms with van der Waals surface area (Å²) < 4.78 is 0. The molecule has 0 atom stereocenters. The van der Waals surface area contributed by atoms with Gasteiger partial charge in [-0.1, -0.05) is 48.0 Å². The van der Waals surface area contributed by atoms with Crippen molar-refractivity contribution < 1.29 is 9.59 Å². The number of amides is 1. The molecule has 4 aromatic rings. The first-order chi connectivity index (χ1) is 14.0. The van der Waals surface area contributed by atoms with E-state index in [9.17, 15) is 9.59 Å². The zero-order chi connectivity index (χ0) is 20.4. The predicted octanol–water partition coefficient (Wildman–Crippen LogP) is 6.01. The van der Waals surface area contributed by atoms with Crippen molar-refractivity contribution >= 4 is 39.9 Å². The van der Waals surface area contributed by atoms with Crippen LogP contribution in [0.5, 0.6) is 0 Å². The summed E-state index contributed by atoms with van der Waals surface area (Å²) >= 11 is 6.34. The van der Waals surface area contributed by atoms with Gasteiger partial charge in [0.05, 0.1) is 16.8 Å². The number of anilines is 1. The second-order valence-corrected chi connectivity index (χ2v) is 7.05. The number of pyridine rings is 1. The van der Waals surface area contributed by atoms with Crippen molar-refractivity contribution in [2.24, 2.45) is 0 Å². The highest BCUT2D eigenvalue weighted by Gasteiger charge is 2.15. The zero-order valence-electron chi connectivity index (χ0n) is 15.6. The molecular weight excluding hydrogens is 384 g/mol. The molecular formula is C24H17ClN2O2. The van der Waals surface area contributed by atoms with Gasteiger partial charge in [0.1, 0.15) is 0 Å². The molecule has 0 spiro atoms. The lowest BCUT2D eigenvalue weighted by Gasteiger charge is -2.11. The van der Waals surface area contributed by atoms with Crippen molar-refractivity contribution in [1.29, 1.82) is 0 Å². The van der Waals surface area contributed by atoms with Crippen LogP contribution in [0.25, 0.3) is 22.2 Å². The maximum atomic E-state index is 13.1. The van der Waals surface area contributed by atoms with Gasteiger partial charge in [-0.2, -0.15) is 0 Å². The number of nitrogens with one attached hydrogen (secondary N) is 1. The van der Waals surface area contributed by atoms with E-state index < -0.39 is 0 Å². The van der Waals surface area contributed by atoms with Crippen molar-refractivity contribution in [3.63, 3.8) is 0 Å². The smallest absolute Gasteiger partial charge is 0.256 e. The molecule has 0 fully saturated rings. The van der Waals surface area contributed by atoms with Crippen LogP contribution in [-0.2, 0) is 0 Å². The van der Waals surface area contributed by atoms with Gasteiger partial charge in [-0.25, -0.2) is 4.98 Å². The summed E-state index contributed by atoms with van der Waals surface area (Å²) in [5.74, 6) is -0.278. The summed E-state index contributed by atoms with van der Waals surface area (Å²) in [6.07, 6.45) is 0. The number of carbonyl (C=O) groups excluding carboxylic acids is 2. The maximum Gasteiger partial charge on any atom is 0.256 e. The van der Waals surface area contributed by atoms with Gasteiger partial charge in [-0.3, -0.25) is 9.59 Å². The lowest BCUT2D eigenvalue weighted by molar-refractivity contribution is 0.101. The van der Waals surface area contributed by atoms with Crippen LogP contribution in [0.4, 0.5) is 5.69 Å². The monoisotopic (exact) mass is 400 g/mol. The van der Waals surface area contributed by atoms with Gasteiger partial charge >= 0.3 is 0 Å². The number of halogens is 1. The number of rotatable bonds is 4. The molecule has 4 nitrogen and oxygen atoms in total. The Morgan fingerprint density at radius 1 is 0.897 bits per heavy atom. The third-order valence-corrected chi connectivity index (χ3v) is 4.99. The van der Waals surface area contributed by atoms with Gasteiger partial charge < -0.3 is 5.32 Å². The summed E-state index contributed by atoms with van der Waals surface area (Å²) in [4.78, 5) is 29.2. The normalized spacial score (nSPS) is 10.7. The molecule has 0 aliphatic heterocycles. The zero-order valence-corrected chi connectivity index (χ0v) is 16.4. The van der Waals surface area contributed by atoms with Crippen molar-refractivity contribution in [2.75, 3.05) is 5.32 Å². The first kappa shape index (κ1) is 18.8. The fourth-order valence-electron chi connectivity index (χ4n) is 3.16. The van der Waals surface area contributed by atoms with E-state index in [1.165, 1.54) is 6.92 Å². The number of nitrogens with zero attached hydrogens (tertiary/aromatic N) is 1. The Labute approximate surface area is 173 Å². The number of Topliss-reactive ketones (excluding diaryl/α,β-unsaturated/α-hetero) is 1. The fourth-order valence-corrected chi connectivity index (χ4v) is 3.39. The number of fused-ring (bicyclic) bond motifs is 1. The van der Waals surface area contributed by atoms with Crippen LogP contribution < -0.4 is 5.32 Å². The van der Waals surface area contributed by atoms with E-state index in [0.29, 0.717) is 33.0 Å². The van der Waals surface area contributed by atoms with E-state index in [4.69, 9.17) is 11.6 Å². The second kappa shape index (κ2) is 7.86. The van der Waals surface area contributed by atoms with E-state index in [1.807, 2.05) is 42.5 Å². The van der Waals surface area contributed by atoms with Crippen molar-refractivity contribution in [3.8, 4) is 11.3 Å². The molecule has 0 radical (unpaired) electrons. The minimum atomic E-state index is -0.257. The van der Waals surface area contributed by atoms with Crippen molar-refractivity contribution in [3.05, 3.63) is 95.0 Å². The molecule has 1 aromatic heterocycles. The number of carbonyl (C=O) groups is 2. The van der Waals surface area contributed by atoms with Crippen LogP contribution >= 0.6 is 11.6 Å². The van der Waals surface area contributed by atoms with Crippen LogP contribution in [-0.4, -0.2) is 16.7 Å². The van der Waals surface area contributed by atoms with E-state index in [-0.39, 0.29) is 11.7 Å². The Morgan fingerprint density at radius 2 is 1.59 bits per heavy atom. The van der Waals surface area contributed by atoms with Crippen LogP contribution in [0.15, 0.2) is 78.9 Å². The maximum absolute atomic E-state index is 13.1. The number of para-hydroxylation sites is 1. The lowest BCUT2D eigenvalue weighted by Crippen LogP contribution is -2.13. The molecule has 1 N–H and O–H groups in total. The predicted molar refractivity (Wildman–Crippen MR) is 117 cm³/mol. The minimum absolute atomic E-state index is 0.0209. The third kappa shape index (κ3) is 3.89. The van der Waals surface area contributed by atoms with E-state index in [1.54, 1.807) is 36.4 Å². The molecule has 5 heteroatoms. The van der Waals surface area contributed by atoms with E-state index in [0.717, 1.165) is 10.9 Å². The standard InChI is InChI=1S/C24H17ClN2O2/c1-15(28)16-10-12-17(13-11-16)26-24(29)20-14-23(19-7-2-4-8-21(19)25)27-22-9-5-3-6-18(20)22/h2-14H,1H3,(H,26,29). The highest BCUT2D eigenvalue weighted by atomic mass is 35.5. The summed E-state index contributed by atoms with van der Waals surface area (Å²) in [6.45, 7) is 1.51. The van der Waals surface area contributed by atoms with Crippen LogP contribution in [0.3, 0.4) is 0 Å². The number of ketones is 1. The number of aromatic nitrogens is 1. The average molecular weight is 401 g/mol. The molecule has 1 heterocycles.